The molecule has 2 rings (SSSR count). The molecule has 0 heterocycles. The average molecular weight is 360 g/mol. The van der Waals surface area contributed by atoms with Crippen LogP contribution in [0.4, 0.5) is 11.4 Å². The lowest BCUT2D eigenvalue weighted by Crippen LogP contribution is -2.42. The van der Waals surface area contributed by atoms with Crippen molar-refractivity contribution in [1.29, 1.82) is 0 Å². The van der Waals surface area contributed by atoms with Gasteiger partial charge >= 0.3 is 0 Å². The Labute approximate surface area is 155 Å². The van der Waals surface area contributed by atoms with Crippen molar-refractivity contribution in [3.05, 3.63) is 42.5 Å². The number of rotatable bonds is 8. The van der Waals surface area contributed by atoms with Gasteiger partial charge in [0.15, 0.2) is 0 Å². The third-order valence-corrected chi connectivity index (χ3v) is 5.56. The zero-order valence-electron chi connectivity index (χ0n) is 15.5. The van der Waals surface area contributed by atoms with E-state index >= 15 is 0 Å². The van der Waals surface area contributed by atoms with Crippen molar-refractivity contribution in [3.63, 3.8) is 0 Å². The number of nitrogens with two attached hydrogens (primary N) is 2. The molecule has 0 aliphatic rings. The number of anilines is 2. The first-order valence-corrected chi connectivity index (χ1v) is 9.60. The number of nitrogen functional groups attached to an aromatic ring is 2. The summed E-state index contributed by atoms with van der Waals surface area (Å²) >= 11 is 1.64. The Hall–Kier alpha value is -1.85. The van der Waals surface area contributed by atoms with E-state index in [-0.39, 0.29) is 6.10 Å². The summed E-state index contributed by atoms with van der Waals surface area (Å²) in [4.78, 5) is 4.53. The maximum absolute atomic E-state index is 6.30. The molecule has 25 heavy (non-hydrogen) atoms. The SMILES string of the molecule is CCN(CC)C(C)C(C)Oc1ccccc1Sc1ccc(N)c(N)c1. The standard InChI is InChI=1S/C20H29N3OS/c1-5-23(6-2)14(3)15(4)24-19-9-7-8-10-20(19)25-16-11-12-17(21)18(22)13-16/h7-15H,5-6,21-22H2,1-4H3. The lowest BCUT2D eigenvalue weighted by Gasteiger charge is -2.31. The number of nitrogens with zero attached hydrogens (tertiary/aromatic N) is 1. The van der Waals surface area contributed by atoms with Crippen LogP contribution >= 0.6 is 11.8 Å². The fraction of sp³-hybridized carbons (Fsp3) is 0.400. The minimum absolute atomic E-state index is 0.0955. The lowest BCUT2D eigenvalue weighted by molar-refractivity contribution is 0.0927. The maximum Gasteiger partial charge on any atom is 0.133 e. The smallest absolute Gasteiger partial charge is 0.133 e. The Kier molecular flexibility index (Phi) is 7.02. The predicted octanol–water partition coefficient (Wildman–Crippen LogP) is 4.50. The van der Waals surface area contributed by atoms with Crippen LogP contribution in [0.25, 0.3) is 0 Å². The number of hydrogen-bond donors (Lipinski definition) is 2. The molecular formula is C20H29N3OS. The third-order valence-electron chi connectivity index (χ3n) is 4.52. The molecular weight excluding hydrogens is 330 g/mol. The van der Waals surface area contributed by atoms with Gasteiger partial charge in [-0.3, -0.25) is 4.90 Å². The van der Waals surface area contributed by atoms with Gasteiger partial charge < -0.3 is 16.2 Å². The Balaban J connectivity index is 2.15. The maximum atomic E-state index is 6.30. The normalized spacial score (nSPS) is 13.6. The van der Waals surface area contributed by atoms with Gasteiger partial charge in [-0.2, -0.15) is 0 Å². The van der Waals surface area contributed by atoms with Crippen molar-refractivity contribution in [2.24, 2.45) is 0 Å². The first-order chi connectivity index (χ1) is 12.0. The molecule has 4 nitrogen and oxygen atoms in total. The summed E-state index contributed by atoms with van der Waals surface area (Å²) < 4.78 is 6.30. The van der Waals surface area contributed by atoms with Crippen LogP contribution in [0.3, 0.4) is 0 Å². The molecule has 5 heteroatoms. The van der Waals surface area contributed by atoms with Crippen LogP contribution < -0.4 is 16.2 Å². The lowest BCUT2D eigenvalue weighted by atomic mass is 10.1. The van der Waals surface area contributed by atoms with Gasteiger partial charge in [0.25, 0.3) is 0 Å². The zero-order valence-corrected chi connectivity index (χ0v) is 16.3. The molecule has 0 radical (unpaired) electrons. The summed E-state index contributed by atoms with van der Waals surface area (Å²) in [7, 11) is 0. The molecule has 0 aliphatic heterocycles. The van der Waals surface area contributed by atoms with E-state index in [0.717, 1.165) is 28.6 Å². The van der Waals surface area contributed by atoms with Crippen LogP contribution in [0.5, 0.6) is 5.75 Å². The molecule has 2 unspecified atom stereocenters. The first-order valence-electron chi connectivity index (χ1n) is 8.78. The number of benzene rings is 2. The van der Waals surface area contributed by atoms with E-state index in [9.17, 15) is 0 Å². The molecule has 0 fully saturated rings. The molecule has 2 aromatic carbocycles. The van der Waals surface area contributed by atoms with Gasteiger partial charge in [0.1, 0.15) is 11.9 Å². The first kappa shape index (κ1) is 19.5. The van der Waals surface area contributed by atoms with Crippen molar-refractivity contribution in [2.45, 2.75) is 49.6 Å². The van der Waals surface area contributed by atoms with Crippen molar-refractivity contribution < 1.29 is 4.74 Å². The minimum Gasteiger partial charge on any atom is -0.488 e. The van der Waals surface area contributed by atoms with Gasteiger partial charge in [0.05, 0.1) is 16.3 Å². The highest BCUT2D eigenvalue weighted by molar-refractivity contribution is 7.99. The molecule has 0 spiro atoms. The van der Waals surface area contributed by atoms with Crippen molar-refractivity contribution >= 4 is 23.1 Å². The van der Waals surface area contributed by atoms with Crippen molar-refractivity contribution in [2.75, 3.05) is 24.6 Å². The number of ether oxygens (including phenoxy) is 1. The molecule has 0 saturated heterocycles. The molecule has 0 bridgehead atoms. The molecule has 0 saturated carbocycles. The van der Waals surface area contributed by atoms with E-state index in [1.807, 2.05) is 36.4 Å². The summed E-state index contributed by atoms with van der Waals surface area (Å²) in [5.74, 6) is 0.898. The molecule has 4 N–H and O–H groups in total. The number of para-hydroxylation sites is 1. The quantitative estimate of drug-likeness (QED) is 0.679. The molecule has 0 amide bonds. The second kappa shape index (κ2) is 9.02. The third kappa shape index (κ3) is 5.06. The van der Waals surface area contributed by atoms with E-state index in [2.05, 4.69) is 38.7 Å². The highest BCUT2D eigenvalue weighted by Crippen LogP contribution is 2.37. The summed E-state index contributed by atoms with van der Waals surface area (Å²) in [5, 5.41) is 0. The molecule has 136 valence electrons. The van der Waals surface area contributed by atoms with E-state index < -0.39 is 0 Å². The molecule has 0 aromatic heterocycles. The second-order valence-corrected chi connectivity index (χ2v) is 7.24. The summed E-state index contributed by atoms with van der Waals surface area (Å²) in [6, 6.07) is 14.2. The second-order valence-electron chi connectivity index (χ2n) is 6.12. The Morgan fingerprint density at radius 2 is 1.68 bits per heavy atom. The summed E-state index contributed by atoms with van der Waals surface area (Å²) in [6.45, 7) is 10.8. The van der Waals surface area contributed by atoms with E-state index in [4.69, 9.17) is 16.2 Å². The van der Waals surface area contributed by atoms with Crippen LogP contribution in [-0.4, -0.2) is 30.1 Å². The zero-order chi connectivity index (χ0) is 18.4. The molecule has 2 aromatic rings. The van der Waals surface area contributed by atoms with Crippen LogP contribution in [0.2, 0.25) is 0 Å². The van der Waals surface area contributed by atoms with Gasteiger partial charge in [-0.15, -0.1) is 0 Å². The molecule has 2 atom stereocenters. The van der Waals surface area contributed by atoms with Gasteiger partial charge in [-0.05, 0) is 57.3 Å². The van der Waals surface area contributed by atoms with E-state index in [1.54, 1.807) is 11.8 Å². The predicted molar refractivity (Wildman–Crippen MR) is 108 cm³/mol. The van der Waals surface area contributed by atoms with Crippen molar-refractivity contribution in [1.82, 2.24) is 4.90 Å². The Morgan fingerprint density at radius 3 is 2.32 bits per heavy atom. The van der Waals surface area contributed by atoms with Gasteiger partial charge in [-0.25, -0.2) is 0 Å². The Morgan fingerprint density at radius 1 is 1.00 bits per heavy atom. The fourth-order valence-corrected chi connectivity index (χ4v) is 3.71. The van der Waals surface area contributed by atoms with E-state index in [1.165, 1.54) is 0 Å². The highest BCUT2D eigenvalue weighted by atomic mass is 32.2. The van der Waals surface area contributed by atoms with Gasteiger partial charge in [0.2, 0.25) is 0 Å². The largest absolute Gasteiger partial charge is 0.488 e. The fourth-order valence-electron chi connectivity index (χ4n) is 2.77. The van der Waals surface area contributed by atoms with Crippen molar-refractivity contribution in [3.8, 4) is 5.75 Å². The van der Waals surface area contributed by atoms with Crippen LogP contribution in [0.15, 0.2) is 52.3 Å². The van der Waals surface area contributed by atoms with Crippen LogP contribution in [0.1, 0.15) is 27.7 Å². The average Bonchev–Trinajstić information content (AvgIpc) is 2.60. The van der Waals surface area contributed by atoms with Gasteiger partial charge in [0, 0.05) is 10.9 Å². The summed E-state index contributed by atoms with van der Waals surface area (Å²) in [5.41, 5.74) is 12.9. The summed E-state index contributed by atoms with van der Waals surface area (Å²) in [6.07, 6.45) is 0.0955. The van der Waals surface area contributed by atoms with Gasteiger partial charge in [-0.1, -0.05) is 37.7 Å². The topological polar surface area (TPSA) is 64.5 Å². The highest BCUT2D eigenvalue weighted by Gasteiger charge is 2.20. The van der Waals surface area contributed by atoms with E-state index in [0.29, 0.717) is 17.4 Å². The number of hydrogen-bond acceptors (Lipinski definition) is 5. The monoisotopic (exact) mass is 359 g/mol. The van der Waals surface area contributed by atoms with Crippen LogP contribution in [-0.2, 0) is 0 Å². The minimum atomic E-state index is 0.0955. The Bertz CT molecular complexity index is 688. The van der Waals surface area contributed by atoms with Crippen LogP contribution in [0, 0.1) is 0 Å². The number of likely N-dealkylation sites (N-methyl/N-ethyl adjacent to an activating group) is 1. The molecule has 0 aliphatic carbocycles.